The summed E-state index contributed by atoms with van der Waals surface area (Å²) in [5.74, 6) is -1.32. The molecule has 1 amide bonds. The first-order valence-electron chi connectivity index (χ1n) is 5.74. The maximum absolute atomic E-state index is 12.3. The monoisotopic (exact) mass is 267 g/mol. The van der Waals surface area contributed by atoms with E-state index in [2.05, 4.69) is 0 Å². The average Bonchev–Trinajstić information content (AvgIpc) is 2.29. The lowest BCUT2D eigenvalue weighted by Crippen LogP contribution is -2.37. The highest BCUT2D eigenvalue weighted by atomic mass is 19.3. The smallest absolute Gasteiger partial charge is 0.303 e. The zero-order valence-corrected chi connectivity index (χ0v) is 10.4. The van der Waals surface area contributed by atoms with Crippen LogP contribution in [0.15, 0.2) is 0 Å². The number of carboxylic acids is 1. The minimum absolute atomic E-state index is 0.0137. The van der Waals surface area contributed by atoms with Crippen LogP contribution in [0, 0.1) is 0 Å². The molecule has 0 aromatic rings. The van der Waals surface area contributed by atoms with Crippen LogP contribution in [0.25, 0.3) is 0 Å². The quantitative estimate of drug-likeness (QED) is 0.607. The van der Waals surface area contributed by atoms with Crippen LogP contribution >= 0.6 is 0 Å². The van der Waals surface area contributed by atoms with Crippen LogP contribution in [0.4, 0.5) is 8.78 Å². The van der Waals surface area contributed by atoms with Crippen molar-refractivity contribution in [3.05, 3.63) is 0 Å². The Labute approximate surface area is 105 Å². The van der Waals surface area contributed by atoms with Crippen molar-refractivity contribution in [2.24, 2.45) is 0 Å². The van der Waals surface area contributed by atoms with E-state index in [-0.39, 0.29) is 26.0 Å². The Balaban J connectivity index is 3.99. The van der Waals surface area contributed by atoms with Gasteiger partial charge in [-0.25, -0.2) is 8.78 Å². The summed E-state index contributed by atoms with van der Waals surface area (Å²) < 4.78 is 29.3. The number of ether oxygens (including phenoxy) is 1. The fourth-order valence-electron chi connectivity index (χ4n) is 1.40. The molecule has 7 heteroatoms. The number of aliphatic carboxylic acids is 1. The van der Waals surface area contributed by atoms with Crippen molar-refractivity contribution in [3.8, 4) is 0 Å². The lowest BCUT2D eigenvalue weighted by atomic mass is 10.2. The van der Waals surface area contributed by atoms with E-state index in [0.717, 1.165) is 4.90 Å². The van der Waals surface area contributed by atoms with Crippen molar-refractivity contribution < 1.29 is 28.2 Å². The average molecular weight is 267 g/mol. The zero-order valence-electron chi connectivity index (χ0n) is 10.4. The molecule has 0 aliphatic heterocycles. The number of nitrogens with zero attached hydrogens (tertiary/aromatic N) is 1. The van der Waals surface area contributed by atoms with E-state index in [1.165, 1.54) is 7.11 Å². The van der Waals surface area contributed by atoms with Gasteiger partial charge in [0.05, 0.1) is 13.2 Å². The molecule has 0 aliphatic carbocycles. The van der Waals surface area contributed by atoms with Gasteiger partial charge in [-0.05, 0) is 12.8 Å². The molecule has 0 saturated carbocycles. The number of amides is 1. The van der Waals surface area contributed by atoms with E-state index >= 15 is 0 Å². The SMILES string of the molecule is COCCN(CC(F)F)C(=O)CCCCC(=O)O. The molecule has 0 aromatic carbocycles. The first-order valence-corrected chi connectivity index (χ1v) is 5.74. The van der Waals surface area contributed by atoms with E-state index in [9.17, 15) is 18.4 Å². The lowest BCUT2D eigenvalue weighted by Gasteiger charge is -2.21. The van der Waals surface area contributed by atoms with E-state index in [1.807, 2.05) is 0 Å². The number of carbonyl (C=O) groups excluding carboxylic acids is 1. The van der Waals surface area contributed by atoms with E-state index in [0.29, 0.717) is 12.8 Å². The molecule has 0 atom stereocenters. The third-order valence-electron chi connectivity index (χ3n) is 2.31. The molecule has 106 valence electrons. The molecule has 0 rings (SSSR count). The topological polar surface area (TPSA) is 66.8 Å². The minimum atomic E-state index is -2.58. The number of rotatable bonds is 10. The summed E-state index contributed by atoms with van der Waals surface area (Å²) in [6.07, 6.45) is -1.75. The largest absolute Gasteiger partial charge is 0.481 e. The maximum Gasteiger partial charge on any atom is 0.303 e. The summed E-state index contributed by atoms with van der Waals surface area (Å²) in [6, 6.07) is 0. The third-order valence-corrected chi connectivity index (χ3v) is 2.31. The predicted octanol–water partition coefficient (Wildman–Crippen LogP) is 1.37. The highest BCUT2D eigenvalue weighted by molar-refractivity contribution is 5.76. The van der Waals surface area contributed by atoms with Crippen LogP contribution in [0.3, 0.4) is 0 Å². The molecule has 5 nitrogen and oxygen atoms in total. The Kier molecular flexibility index (Phi) is 9.08. The Morgan fingerprint density at radius 3 is 2.39 bits per heavy atom. The van der Waals surface area contributed by atoms with Crippen molar-refractivity contribution in [2.45, 2.75) is 32.1 Å². The molecule has 18 heavy (non-hydrogen) atoms. The second-order valence-corrected chi connectivity index (χ2v) is 3.82. The molecule has 0 aromatic heterocycles. The van der Waals surface area contributed by atoms with Gasteiger partial charge >= 0.3 is 5.97 Å². The molecule has 0 heterocycles. The summed E-state index contributed by atoms with van der Waals surface area (Å²) in [5, 5.41) is 8.41. The van der Waals surface area contributed by atoms with Crippen LogP contribution in [0.5, 0.6) is 0 Å². The number of hydrogen-bond acceptors (Lipinski definition) is 3. The molecule has 0 aliphatic rings. The van der Waals surface area contributed by atoms with Gasteiger partial charge in [0, 0.05) is 26.5 Å². The van der Waals surface area contributed by atoms with Crippen LogP contribution in [-0.2, 0) is 14.3 Å². The van der Waals surface area contributed by atoms with Gasteiger partial charge in [0.1, 0.15) is 0 Å². The molecule has 0 unspecified atom stereocenters. The normalized spacial score (nSPS) is 10.7. The van der Waals surface area contributed by atoms with Crippen molar-refractivity contribution in [1.29, 1.82) is 0 Å². The lowest BCUT2D eigenvalue weighted by molar-refractivity contribution is -0.138. The Bertz CT molecular complexity index is 261. The van der Waals surface area contributed by atoms with Crippen LogP contribution in [-0.4, -0.2) is 55.1 Å². The highest BCUT2D eigenvalue weighted by Gasteiger charge is 2.17. The van der Waals surface area contributed by atoms with Crippen molar-refractivity contribution in [1.82, 2.24) is 4.90 Å². The molecule has 0 fully saturated rings. The van der Waals surface area contributed by atoms with E-state index < -0.39 is 24.8 Å². The maximum atomic E-state index is 12.3. The summed E-state index contributed by atoms with van der Waals surface area (Å²) in [7, 11) is 1.43. The number of unbranched alkanes of at least 4 members (excludes halogenated alkanes) is 1. The number of carbonyl (C=O) groups is 2. The highest BCUT2D eigenvalue weighted by Crippen LogP contribution is 2.06. The van der Waals surface area contributed by atoms with Gasteiger partial charge in [-0.2, -0.15) is 0 Å². The first-order chi connectivity index (χ1) is 8.47. The van der Waals surface area contributed by atoms with E-state index in [1.54, 1.807) is 0 Å². The number of halogens is 2. The van der Waals surface area contributed by atoms with Crippen LogP contribution in [0.1, 0.15) is 25.7 Å². The zero-order chi connectivity index (χ0) is 14.0. The molecule has 0 radical (unpaired) electrons. The van der Waals surface area contributed by atoms with Crippen molar-refractivity contribution in [3.63, 3.8) is 0 Å². The number of hydrogen-bond donors (Lipinski definition) is 1. The summed E-state index contributed by atoms with van der Waals surface area (Å²) in [4.78, 5) is 22.9. The number of carboxylic acid groups (broad SMARTS) is 1. The van der Waals surface area contributed by atoms with Gasteiger partial charge in [-0.3, -0.25) is 9.59 Å². The fourth-order valence-corrected chi connectivity index (χ4v) is 1.40. The first kappa shape index (κ1) is 16.8. The number of methoxy groups -OCH3 is 1. The second-order valence-electron chi connectivity index (χ2n) is 3.82. The molecular weight excluding hydrogens is 248 g/mol. The molecule has 1 N–H and O–H groups in total. The molecule has 0 bridgehead atoms. The third kappa shape index (κ3) is 8.86. The summed E-state index contributed by atoms with van der Waals surface area (Å²) >= 11 is 0. The van der Waals surface area contributed by atoms with Gasteiger partial charge < -0.3 is 14.7 Å². The van der Waals surface area contributed by atoms with E-state index in [4.69, 9.17) is 9.84 Å². The Morgan fingerprint density at radius 1 is 1.28 bits per heavy atom. The minimum Gasteiger partial charge on any atom is -0.481 e. The Morgan fingerprint density at radius 2 is 1.89 bits per heavy atom. The van der Waals surface area contributed by atoms with Gasteiger partial charge in [0.2, 0.25) is 5.91 Å². The van der Waals surface area contributed by atoms with Gasteiger partial charge in [-0.15, -0.1) is 0 Å². The standard InChI is InChI=1S/C11H19F2NO4/c1-18-7-6-14(8-9(12)13)10(15)4-2-3-5-11(16)17/h9H,2-8H2,1H3,(H,16,17). The fraction of sp³-hybridized carbons (Fsp3) is 0.818. The molecule has 0 spiro atoms. The van der Waals surface area contributed by atoms with Gasteiger partial charge in [0.25, 0.3) is 6.43 Å². The Hall–Kier alpha value is -1.24. The van der Waals surface area contributed by atoms with Crippen molar-refractivity contribution in [2.75, 3.05) is 26.8 Å². The number of alkyl halides is 2. The summed E-state index contributed by atoms with van der Waals surface area (Å²) in [5.41, 5.74) is 0. The molecule has 0 saturated heterocycles. The van der Waals surface area contributed by atoms with Crippen molar-refractivity contribution >= 4 is 11.9 Å². The predicted molar refractivity (Wildman–Crippen MR) is 60.6 cm³/mol. The van der Waals surface area contributed by atoms with Gasteiger partial charge in [0.15, 0.2) is 0 Å². The summed E-state index contributed by atoms with van der Waals surface area (Å²) in [6.45, 7) is -0.284. The van der Waals surface area contributed by atoms with Gasteiger partial charge in [-0.1, -0.05) is 0 Å². The van der Waals surface area contributed by atoms with Crippen LogP contribution in [0.2, 0.25) is 0 Å². The second kappa shape index (κ2) is 9.76. The molecular formula is C11H19F2NO4. The van der Waals surface area contributed by atoms with Crippen LogP contribution < -0.4 is 0 Å².